The lowest BCUT2D eigenvalue weighted by molar-refractivity contribution is 0.143. The first-order valence-electron chi connectivity index (χ1n) is 5.53. The van der Waals surface area contributed by atoms with Gasteiger partial charge < -0.3 is 19.5 Å². The summed E-state index contributed by atoms with van der Waals surface area (Å²) in [6, 6.07) is 1.77. The summed E-state index contributed by atoms with van der Waals surface area (Å²) >= 11 is 0. The van der Waals surface area contributed by atoms with E-state index in [-0.39, 0.29) is 0 Å². The smallest absolute Gasteiger partial charge is 0.218 e. The number of methoxy groups -OCH3 is 2. The molecule has 0 aromatic carbocycles. The highest BCUT2D eigenvalue weighted by Gasteiger charge is 1.99. The van der Waals surface area contributed by atoms with Crippen LogP contribution in [0.15, 0.2) is 12.4 Å². The predicted octanol–water partition coefficient (Wildman–Crippen LogP) is 0.950. The van der Waals surface area contributed by atoms with Crippen molar-refractivity contribution in [2.24, 2.45) is 0 Å². The summed E-state index contributed by atoms with van der Waals surface area (Å²) in [7, 11) is 3.32. The van der Waals surface area contributed by atoms with Crippen LogP contribution in [0.2, 0.25) is 0 Å². The third-order valence-electron chi connectivity index (χ3n) is 2.01. The van der Waals surface area contributed by atoms with Crippen molar-refractivity contribution in [3.8, 4) is 5.88 Å². The lowest BCUT2D eigenvalue weighted by atomic mass is 10.4. The summed E-state index contributed by atoms with van der Waals surface area (Å²) in [5, 5.41) is 3.17. The minimum Gasteiger partial charge on any atom is -0.475 e. The first-order valence-corrected chi connectivity index (χ1v) is 5.53. The van der Waals surface area contributed by atoms with Gasteiger partial charge in [-0.25, -0.2) is 9.97 Å². The number of hydrogen-bond donors (Lipinski definition) is 1. The minimum absolute atomic E-state index is 0.483. The molecule has 1 aromatic heterocycles. The Kier molecular flexibility index (Phi) is 7.01. The summed E-state index contributed by atoms with van der Waals surface area (Å²) in [5.74, 6) is 1.30. The Hall–Kier alpha value is -1.40. The molecule has 0 spiro atoms. The predicted molar refractivity (Wildman–Crippen MR) is 64.4 cm³/mol. The number of hydrogen-bond acceptors (Lipinski definition) is 6. The molecule has 0 saturated carbocycles. The highest BCUT2D eigenvalue weighted by atomic mass is 16.5. The van der Waals surface area contributed by atoms with Crippen molar-refractivity contribution in [1.29, 1.82) is 0 Å². The van der Waals surface area contributed by atoms with Gasteiger partial charge in [0.25, 0.3) is 0 Å². The van der Waals surface area contributed by atoms with E-state index in [2.05, 4.69) is 15.3 Å². The van der Waals surface area contributed by atoms with Crippen LogP contribution in [0, 0.1) is 0 Å². The number of rotatable bonds is 9. The molecule has 1 aromatic rings. The van der Waals surface area contributed by atoms with Crippen molar-refractivity contribution in [2.75, 3.05) is 45.9 Å². The first-order chi connectivity index (χ1) is 8.36. The molecule has 0 fully saturated rings. The Morgan fingerprint density at radius 2 is 1.94 bits per heavy atom. The number of nitrogens with one attached hydrogen (secondary N) is 1. The van der Waals surface area contributed by atoms with E-state index in [1.54, 1.807) is 20.3 Å². The standard InChI is InChI=1S/C11H19N3O3/c1-15-5-3-4-12-10-8-11(14-9-13-10)17-7-6-16-2/h8-9H,3-7H2,1-2H3,(H,12,13,14). The second kappa shape index (κ2) is 8.72. The van der Waals surface area contributed by atoms with E-state index in [1.807, 2.05) is 0 Å². The van der Waals surface area contributed by atoms with Crippen LogP contribution in [0.1, 0.15) is 6.42 Å². The van der Waals surface area contributed by atoms with Crippen LogP contribution >= 0.6 is 0 Å². The summed E-state index contributed by atoms with van der Waals surface area (Å²) < 4.78 is 15.2. The summed E-state index contributed by atoms with van der Waals surface area (Å²) in [6.07, 6.45) is 2.40. The zero-order valence-electron chi connectivity index (χ0n) is 10.3. The van der Waals surface area contributed by atoms with Crippen LogP contribution in [0.4, 0.5) is 5.82 Å². The normalized spacial score (nSPS) is 10.2. The van der Waals surface area contributed by atoms with Gasteiger partial charge in [-0.3, -0.25) is 0 Å². The van der Waals surface area contributed by atoms with Crippen LogP contribution in [-0.4, -0.2) is 50.6 Å². The summed E-state index contributed by atoms with van der Waals surface area (Å²) in [4.78, 5) is 8.09. The second-order valence-corrected chi connectivity index (χ2v) is 3.36. The quantitative estimate of drug-likeness (QED) is 0.649. The maximum absolute atomic E-state index is 5.37. The molecule has 0 aliphatic heterocycles. The number of ether oxygens (including phenoxy) is 3. The van der Waals surface area contributed by atoms with E-state index in [1.165, 1.54) is 6.33 Å². The Morgan fingerprint density at radius 3 is 2.71 bits per heavy atom. The van der Waals surface area contributed by atoms with Crippen LogP contribution < -0.4 is 10.1 Å². The van der Waals surface area contributed by atoms with Crippen molar-refractivity contribution < 1.29 is 14.2 Å². The van der Waals surface area contributed by atoms with Crippen LogP contribution in [0.25, 0.3) is 0 Å². The van der Waals surface area contributed by atoms with E-state index >= 15 is 0 Å². The molecule has 0 amide bonds. The highest BCUT2D eigenvalue weighted by Crippen LogP contribution is 2.10. The van der Waals surface area contributed by atoms with E-state index in [9.17, 15) is 0 Å². The molecule has 0 aliphatic rings. The van der Waals surface area contributed by atoms with Gasteiger partial charge in [0, 0.05) is 33.4 Å². The highest BCUT2D eigenvalue weighted by molar-refractivity contribution is 5.36. The zero-order valence-corrected chi connectivity index (χ0v) is 10.3. The summed E-state index contributed by atoms with van der Waals surface area (Å²) in [5.41, 5.74) is 0. The molecule has 6 nitrogen and oxygen atoms in total. The lowest BCUT2D eigenvalue weighted by Crippen LogP contribution is -2.08. The Balaban J connectivity index is 2.31. The molecular formula is C11H19N3O3. The maximum Gasteiger partial charge on any atom is 0.218 e. The molecule has 17 heavy (non-hydrogen) atoms. The van der Waals surface area contributed by atoms with Crippen molar-refractivity contribution in [3.63, 3.8) is 0 Å². The average Bonchev–Trinajstić information content (AvgIpc) is 2.36. The van der Waals surface area contributed by atoms with Crippen molar-refractivity contribution >= 4 is 5.82 Å². The van der Waals surface area contributed by atoms with Crippen LogP contribution in [0.3, 0.4) is 0 Å². The topological polar surface area (TPSA) is 65.5 Å². The molecule has 1 rings (SSSR count). The monoisotopic (exact) mass is 241 g/mol. The fraction of sp³-hybridized carbons (Fsp3) is 0.636. The van der Waals surface area contributed by atoms with E-state index in [4.69, 9.17) is 14.2 Å². The molecule has 0 bridgehead atoms. The molecule has 0 atom stereocenters. The molecule has 96 valence electrons. The molecular weight excluding hydrogens is 222 g/mol. The Bertz CT molecular complexity index is 310. The zero-order chi connectivity index (χ0) is 12.3. The molecule has 0 saturated heterocycles. The molecule has 1 heterocycles. The van der Waals surface area contributed by atoms with Gasteiger partial charge in [-0.2, -0.15) is 0 Å². The van der Waals surface area contributed by atoms with E-state index < -0.39 is 0 Å². The maximum atomic E-state index is 5.37. The van der Waals surface area contributed by atoms with Crippen molar-refractivity contribution in [2.45, 2.75) is 6.42 Å². The van der Waals surface area contributed by atoms with Crippen molar-refractivity contribution in [1.82, 2.24) is 9.97 Å². The van der Waals surface area contributed by atoms with Crippen molar-refractivity contribution in [3.05, 3.63) is 12.4 Å². The third-order valence-corrected chi connectivity index (χ3v) is 2.01. The van der Waals surface area contributed by atoms with Gasteiger partial charge >= 0.3 is 0 Å². The average molecular weight is 241 g/mol. The SMILES string of the molecule is COCCCNc1cc(OCCOC)ncn1. The number of anilines is 1. The second-order valence-electron chi connectivity index (χ2n) is 3.36. The third kappa shape index (κ3) is 6.03. The molecule has 0 aliphatic carbocycles. The van der Waals surface area contributed by atoms with Gasteiger partial charge in [0.05, 0.1) is 6.61 Å². The number of aromatic nitrogens is 2. The number of nitrogens with zero attached hydrogens (tertiary/aromatic N) is 2. The fourth-order valence-corrected chi connectivity index (χ4v) is 1.18. The van der Waals surface area contributed by atoms with Crippen LogP contribution in [-0.2, 0) is 9.47 Å². The summed E-state index contributed by atoms with van der Waals surface area (Å²) in [6.45, 7) is 2.56. The van der Waals surface area contributed by atoms with Gasteiger partial charge in [-0.05, 0) is 6.42 Å². The van der Waals surface area contributed by atoms with Gasteiger partial charge in [-0.15, -0.1) is 0 Å². The molecule has 0 unspecified atom stereocenters. The van der Waals surface area contributed by atoms with E-state index in [0.29, 0.717) is 19.1 Å². The molecule has 1 N–H and O–H groups in total. The first kappa shape index (κ1) is 13.7. The minimum atomic E-state index is 0.483. The molecule has 0 radical (unpaired) electrons. The van der Waals surface area contributed by atoms with Gasteiger partial charge in [0.1, 0.15) is 18.8 Å². The fourth-order valence-electron chi connectivity index (χ4n) is 1.18. The largest absolute Gasteiger partial charge is 0.475 e. The van der Waals surface area contributed by atoms with E-state index in [0.717, 1.165) is 25.4 Å². The van der Waals surface area contributed by atoms with Gasteiger partial charge in [0.2, 0.25) is 5.88 Å². The Morgan fingerprint density at radius 1 is 1.12 bits per heavy atom. The van der Waals surface area contributed by atoms with Crippen LogP contribution in [0.5, 0.6) is 5.88 Å². The Labute approximate surface area is 101 Å². The molecule has 6 heteroatoms. The van der Waals surface area contributed by atoms with Gasteiger partial charge in [-0.1, -0.05) is 0 Å². The van der Waals surface area contributed by atoms with Gasteiger partial charge in [0.15, 0.2) is 0 Å². The lowest BCUT2D eigenvalue weighted by Gasteiger charge is -2.07.